The summed E-state index contributed by atoms with van der Waals surface area (Å²) in [5, 5.41) is 9.76. The molecule has 0 fully saturated rings. The molecule has 2 unspecified atom stereocenters. The van der Waals surface area contributed by atoms with Crippen LogP contribution in [-0.2, 0) is 0 Å². The Bertz CT molecular complexity index is 2610. The van der Waals surface area contributed by atoms with E-state index in [1.165, 1.54) is 48.6 Å². The van der Waals surface area contributed by atoms with E-state index in [0.717, 1.165) is 40.3 Å². The zero-order valence-corrected chi connectivity index (χ0v) is 24.8. The van der Waals surface area contributed by atoms with Crippen molar-refractivity contribution >= 4 is 67.2 Å². The second kappa shape index (κ2) is 9.20. The lowest BCUT2D eigenvalue weighted by atomic mass is 9.87. The van der Waals surface area contributed by atoms with Crippen LogP contribution < -0.4 is 10.6 Å². The zero-order chi connectivity index (χ0) is 29.6. The van der Waals surface area contributed by atoms with E-state index in [9.17, 15) is 0 Å². The molecule has 5 aromatic carbocycles. The molecule has 2 aromatic heterocycles. The van der Waals surface area contributed by atoms with E-state index in [2.05, 4.69) is 138 Å². The smallest absolute Gasteiger partial charge is 0.211 e. The van der Waals surface area contributed by atoms with Gasteiger partial charge in [0.05, 0.1) is 10.9 Å². The number of furan rings is 1. The Kier molecular flexibility index (Phi) is 5.07. The highest BCUT2D eigenvalue weighted by Crippen LogP contribution is 2.45. The molecule has 10 rings (SSSR count). The van der Waals surface area contributed by atoms with Gasteiger partial charge >= 0.3 is 0 Å². The molecule has 0 spiro atoms. The van der Waals surface area contributed by atoms with Crippen molar-refractivity contribution in [2.45, 2.75) is 12.5 Å². The number of fused-ring (bicyclic) bond motifs is 10. The molecule has 2 aliphatic carbocycles. The number of nitrogens with zero attached hydrogens (tertiary/aromatic N) is 3. The Morgan fingerprint density at radius 3 is 2.49 bits per heavy atom. The van der Waals surface area contributed by atoms with Gasteiger partial charge < -0.3 is 9.32 Å². The van der Waals surface area contributed by atoms with Crippen molar-refractivity contribution in [2.24, 2.45) is 10.9 Å². The summed E-state index contributed by atoms with van der Waals surface area (Å²) in [6.45, 7) is 0. The van der Waals surface area contributed by atoms with Gasteiger partial charge in [-0.1, -0.05) is 103 Å². The normalized spacial score (nSPS) is 18.7. The predicted octanol–water partition coefficient (Wildman–Crippen LogP) is 8.34. The van der Waals surface area contributed by atoms with Gasteiger partial charge in [-0.2, -0.15) is 0 Å². The van der Waals surface area contributed by atoms with Crippen molar-refractivity contribution in [3.63, 3.8) is 0 Å². The maximum atomic E-state index is 6.65. The summed E-state index contributed by atoms with van der Waals surface area (Å²) in [4.78, 5) is 7.79. The van der Waals surface area contributed by atoms with Gasteiger partial charge in [0.2, 0.25) is 5.96 Å². The van der Waals surface area contributed by atoms with Crippen LogP contribution in [-0.4, -0.2) is 22.5 Å². The van der Waals surface area contributed by atoms with E-state index in [0.29, 0.717) is 5.92 Å². The molecule has 2 atom stereocenters. The van der Waals surface area contributed by atoms with Gasteiger partial charge in [-0.15, -0.1) is 0 Å². The molecule has 214 valence electrons. The minimum absolute atomic E-state index is 0.157. The number of para-hydroxylation sites is 1. The van der Waals surface area contributed by atoms with Crippen LogP contribution in [0.25, 0.3) is 55.6 Å². The third-order valence-electron chi connectivity index (χ3n) is 9.90. The summed E-state index contributed by atoms with van der Waals surface area (Å²) in [5.74, 6) is 2.15. The molecule has 0 saturated heterocycles. The van der Waals surface area contributed by atoms with Crippen molar-refractivity contribution in [3.8, 4) is 0 Å². The van der Waals surface area contributed by atoms with Gasteiger partial charge in [-0.3, -0.25) is 4.57 Å². The van der Waals surface area contributed by atoms with E-state index in [4.69, 9.17) is 9.41 Å². The highest BCUT2D eigenvalue weighted by Gasteiger charge is 2.36. The number of benzene rings is 5. The molecular weight excluding hydrogens is 550 g/mol. The number of rotatable bonds is 1. The molecule has 4 nitrogen and oxygen atoms in total. The number of aliphatic imine (C=N–C) groups is 1. The summed E-state index contributed by atoms with van der Waals surface area (Å²) in [6.07, 6.45) is 12.6. The molecule has 45 heavy (non-hydrogen) atoms. The number of aromatic nitrogens is 1. The van der Waals surface area contributed by atoms with Gasteiger partial charge in [0.1, 0.15) is 17.3 Å². The van der Waals surface area contributed by atoms with Crippen LogP contribution in [0.2, 0.25) is 0 Å². The van der Waals surface area contributed by atoms with E-state index < -0.39 is 0 Å². The summed E-state index contributed by atoms with van der Waals surface area (Å²) < 4.78 is 9.04. The first kappa shape index (κ1) is 24.8. The van der Waals surface area contributed by atoms with Crippen LogP contribution in [0.1, 0.15) is 23.8 Å². The quantitative estimate of drug-likeness (QED) is 0.196. The standard InChI is InChI=1S/C41H29N3O/c1-43-39(30-19-18-25-10-2-3-12-27(25)22-30)40-38(32-16-8-9-17-36(32)45-40)42-41(43)44-34-21-20-26-11-6-7-15-31(26)37(34)33-23-28-13-4-5-14-29(28)24-35(33)44/h2-12,14-24,28,39H,13H2,1H3. The number of hydrogen-bond acceptors (Lipinski definition) is 3. The zero-order valence-electron chi connectivity index (χ0n) is 24.8. The summed E-state index contributed by atoms with van der Waals surface area (Å²) in [7, 11) is 2.16. The molecule has 0 radical (unpaired) electrons. The molecule has 4 heteroatoms. The van der Waals surface area contributed by atoms with Crippen LogP contribution in [0.5, 0.6) is 0 Å². The molecule has 7 aromatic rings. The first-order chi connectivity index (χ1) is 22.2. The number of hydrogen-bond donors (Lipinski definition) is 0. The molecule has 3 heterocycles. The van der Waals surface area contributed by atoms with Crippen LogP contribution in [0, 0.1) is 5.92 Å². The predicted molar refractivity (Wildman–Crippen MR) is 185 cm³/mol. The molecule has 0 saturated carbocycles. The Labute approximate surface area is 259 Å². The molecule has 1 aliphatic heterocycles. The Hall–Kier alpha value is -5.61. The highest BCUT2D eigenvalue weighted by molar-refractivity contribution is 6.11. The Morgan fingerprint density at radius 2 is 1.58 bits per heavy atom. The largest absolute Gasteiger partial charge is 0.456 e. The maximum absolute atomic E-state index is 6.65. The Morgan fingerprint density at radius 1 is 0.800 bits per heavy atom. The molecule has 0 amide bonds. The maximum Gasteiger partial charge on any atom is 0.211 e. The van der Waals surface area contributed by atoms with E-state index in [-0.39, 0.29) is 6.04 Å². The fourth-order valence-electron chi connectivity index (χ4n) is 7.76. The van der Waals surface area contributed by atoms with Crippen LogP contribution in [0.4, 0.5) is 5.69 Å². The third kappa shape index (κ3) is 3.51. The monoisotopic (exact) mass is 579 g/mol. The van der Waals surface area contributed by atoms with Gasteiger partial charge in [0, 0.05) is 29.0 Å². The van der Waals surface area contributed by atoms with E-state index in [1.807, 2.05) is 12.1 Å². The number of allylic oxidation sites excluding steroid dienone is 4. The fourth-order valence-corrected chi connectivity index (χ4v) is 7.76. The minimum atomic E-state index is -0.157. The lowest BCUT2D eigenvalue weighted by Gasteiger charge is -2.34. The van der Waals surface area contributed by atoms with E-state index in [1.54, 1.807) is 0 Å². The highest BCUT2D eigenvalue weighted by atomic mass is 16.3. The van der Waals surface area contributed by atoms with Crippen molar-refractivity contribution < 1.29 is 4.42 Å². The fraction of sp³-hybridized carbons (Fsp3) is 0.0976. The van der Waals surface area contributed by atoms with Gasteiger partial charge in [0.15, 0.2) is 5.76 Å². The SMILES string of the molecule is CN1C(n2c3c(c4c5ccccc5ccc42)=CC2CC=CC=C2C=3)=Nc2c(oc3ccccc23)C1c1ccc2ccccc2c1. The first-order valence-corrected chi connectivity index (χ1v) is 15.7. The van der Waals surface area contributed by atoms with Crippen molar-refractivity contribution in [1.82, 2.24) is 9.47 Å². The second-order valence-corrected chi connectivity index (χ2v) is 12.4. The summed E-state index contributed by atoms with van der Waals surface area (Å²) in [6, 6.07) is 36.7. The third-order valence-corrected chi connectivity index (χ3v) is 9.90. The summed E-state index contributed by atoms with van der Waals surface area (Å²) in [5.41, 5.74) is 5.45. The Balaban J connectivity index is 1.31. The second-order valence-electron chi connectivity index (χ2n) is 12.4. The van der Waals surface area contributed by atoms with E-state index >= 15 is 0 Å². The molecule has 3 aliphatic rings. The van der Waals surface area contributed by atoms with Gasteiger partial charge in [-0.05, 0) is 69.4 Å². The average Bonchev–Trinajstić information content (AvgIpc) is 3.61. The van der Waals surface area contributed by atoms with Crippen molar-refractivity contribution in [1.29, 1.82) is 0 Å². The minimum Gasteiger partial charge on any atom is -0.456 e. The molecular formula is C41H29N3O. The molecule has 0 N–H and O–H groups in total. The lowest BCUT2D eigenvalue weighted by molar-refractivity contribution is 0.351. The van der Waals surface area contributed by atoms with Crippen molar-refractivity contribution in [2.75, 3.05) is 7.05 Å². The topological polar surface area (TPSA) is 33.7 Å². The van der Waals surface area contributed by atoms with Crippen molar-refractivity contribution in [3.05, 3.63) is 149 Å². The molecule has 0 bridgehead atoms. The lowest BCUT2D eigenvalue weighted by Crippen LogP contribution is -2.45. The van der Waals surface area contributed by atoms with Crippen LogP contribution >= 0.6 is 0 Å². The van der Waals surface area contributed by atoms with Crippen LogP contribution in [0.15, 0.2) is 136 Å². The van der Waals surface area contributed by atoms with Gasteiger partial charge in [-0.25, -0.2) is 4.99 Å². The van der Waals surface area contributed by atoms with Gasteiger partial charge in [0.25, 0.3) is 0 Å². The van der Waals surface area contributed by atoms with Crippen LogP contribution in [0.3, 0.4) is 0 Å². The average molecular weight is 580 g/mol. The summed E-state index contributed by atoms with van der Waals surface area (Å²) >= 11 is 0. The first-order valence-electron chi connectivity index (χ1n) is 15.7.